The summed E-state index contributed by atoms with van der Waals surface area (Å²) in [6, 6.07) is 8.59. The number of benzene rings is 1. The molecule has 2 aliphatic heterocycles. The van der Waals surface area contributed by atoms with E-state index in [0.717, 1.165) is 37.1 Å². The first kappa shape index (κ1) is 15.8. The Balaban J connectivity index is 1.48. The third kappa shape index (κ3) is 4.00. The first-order valence-corrected chi connectivity index (χ1v) is 8.61. The molecule has 0 saturated carbocycles. The summed E-state index contributed by atoms with van der Waals surface area (Å²) in [5, 5.41) is 6.47. The molecule has 2 atom stereocenters. The number of anilines is 1. The summed E-state index contributed by atoms with van der Waals surface area (Å²) < 4.78 is 6.49. The fourth-order valence-electron chi connectivity index (χ4n) is 3.07. The van der Waals surface area contributed by atoms with Crippen LogP contribution in [-0.2, 0) is 9.53 Å². The number of halogens is 1. The van der Waals surface area contributed by atoms with Gasteiger partial charge in [-0.15, -0.1) is 0 Å². The quantitative estimate of drug-likeness (QED) is 0.846. The van der Waals surface area contributed by atoms with E-state index in [9.17, 15) is 4.79 Å². The molecule has 2 unspecified atom stereocenters. The molecule has 1 aromatic carbocycles. The van der Waals surface area contributed by atoms with Crippen molar-refractivity contribution in [3.63, 3.8) is 0 Å². The standard InChI is InChI=1S/C16H22BrN3O2/c17-14-3-1-2-4-15(14)20-7-5-12(10-20)19-16(21)9-13-11-22-8-6-18-13/h1-4,12-13,18H,5-11H2,(H,19,21). The molecule has 2 aliphatic rings. The minimum atomic E-state index is 0.113. The highest BCUT2D eigenvalue weighted by Gasteiger charge is 2.26. The molecule has 3 rings (SSSR count). The van der Waals surface area contributed by atoms with Crippen LogP contribution in [0, 0.1) is 0 Å². The molecule has 0 aromatic heterocycles. The molecule has 5 nitrogen and oxygen atoms in total. The Morgan fingerprint density at radius 3 is 3.09 bits per heavy atom. The number of rotatable bonds is 4. The van der Waals surface area contributed by atoms with E-state index in [1.165, 1.54) is 5.69 Å². The molecule has 2 heterocycles. The van der Waals surface area contributed by atoms with Crippen molar-refractivity contribution in [2.45, 2.75) is 24.9 Å². The van der Waals surface area contributed by atoms with Crippen LogP contribution in [0.3, 0.4) is 0 Å². The number of carbonyl (C=O) groups is 1. The molecule has 2 N–H and O–H groups in total. The molecule has 0 spiro atoms. The predicted octanol–water partition coefficient (Wildman–Crippen LogP) is 1.52. The number of morpholine rings is 1. The van der Waals surface area contributed by atoms with Crippen molar-refractivity contribution in [2.24, 2.45) is 0 Å². The monoisotopic (exact) mass is 367 g/mol. The number of nitrogens with one attached hydrogen (secondary N) is 2. The second-order valence-corrected chi connectivity index (χ2v) is 6.73. The number of hydrogen-bond acceptors (Lipinski definition) is 4. The average Bonchev–Trinajstić information content (AvgIpc) is 2.97. The Morgan fingerprint density at radius 2 is 2.32 bits per heavy atom. The second kappa shape index (κ2) is 7.44. The summed E-state index contributed by atoms with van der Waals surface area (Å²) in [5.41, 5.74) is 1.20. The molecule has 2 fully saturated rings. The van der Waals surface area contributed by atoms with E-state index in [1.54, 1.807) is 0 Å². The fraction of sp³-hybridized carbons (Fsp3) is 0.562. The van der Waals surface area contributed by atoms with E-state index < -0.39 is 0 Å². The van der Waals surface area contributed by atoms with Crippen LogP contribution in [-0.4, -0.2) is 50.8 Å². The zero-order valence-electron chi connectivity index (χ0n) is 12.6. The second-order valence-electron chi connectivity index (χ2n) is 5.88. The number of carbonyl (C=O) groups excluding carboxylic acids is 1. The zero-order valence-corrected chi connectivity index (χ0v) is 14.1. The highest BCUT2D eigenvalue weighted by molar-refractivity contribution is 9.10. The predicted molar refractivity (Wildman–Crippen MR) is 90.1 cm³/mol. The van der Waals surface area contributed by atoms with Gasteiger partial charge in [-0.3, -0.25) is 4.79 Å². The van der Waals surface area contributed by atoms with Crippen LogP contribution in [0.1, 0.15) is 12.8 Å². The van der Waals surface area contributed by atoms with Crippen molar-refractivity contribution in [1.29, 1.82) is 0 Å². The maximum absolute atomic E-state index is 12.1. The largest absolute Gasteiger partial charge is 0.378 e. The minimum absolute atomic E-state index is 0.113. The molecular weight excluding hydrogens is 346 g/mol. The highest BCUT2D eigenvalue weighted by atomic mass is 79.9. The van der Waals surface area contributed by atoms with E-state index in [4.69, 9.17) is 4.74 Å². The van der Waals surface area contributed by atoms with E-state index in [0.29, 0.717) is 13.0 Å². The smallest absolute Gasteiger partial charge is 0.221 e. The number of ether oxygens (including phenoxy) is 1. The molecule has 1 aromatic rings. The molecule has 1 amide bonds. The zero-order chi connectivity index (χ0) is 15.4. The molecule has 0 aliphatic carbocycles. The van der Waals surface area contributed by atoms with Crippen LogP contribution in [0.15, 0.2) is 28.7 Å². The van der Waals surface area contributed by atoms with Gasteiger partial charge >= 0.3 is 0 Å². The van der Waals surface area contributed by atoms with Gasteiger partial charge in [0.25, 0.3) is 0 Å². The summed E-state index contributed by atoms with van der Waals surface area (Å²) in [5.74, 6) is 0.113. The summed E-state index contributed by atoms with van der Waals surface area (Å²) in [4.78, 5) is 14.5. The van der Waals surface area contributed by atoms with Crippen LogP contribution in [0.25, 0.3) is 0 Å². The topological polar surface area (TPSA) is 53.6 Å². The summed E-state index contributed by atoms with van der Waals surface area (Å²) in [6.07, 6.45) is 1.48. The number of amides is 1. The first-order chi connectivity index (χ1) is 10.7. The summed E-state index contributed by atoms with van der Waals surface area (Å²) >= 11 is 3.59. The van der Waals surface area contributed by atoms with Gasteiger partial charge in [0, 0.05) is 42.6 Å². The Kier molecular flexibility index (Phi) is 5.33. The minimum Gasteiger partial charge on any atom is -0.378 e. The van der Waals surface area contributed by atoms with E-state index >= 15 is 0 Å². The normalized spacial score (nSPS) is 25.2. The number of hydrogen-bond donors (Lipinski definition) is 2. The molecule has 22 heavy (non-hydrogen) atoms. The van der Waals surface area contributed by atoms with Gasteiger partial charge in [-0.25, -0.2) is 0 Å². The Bertz CT molecular complexity index is 520. The maximum Gasteiger partial charge on any atom is 0.221 e. The molecule has 6 heteroatoms. The summed E-state index contributed by atoms with van der Waals surface area (Å²) in [6.45, 7) is 4.03. The third-order valence-electron chi connectivity index (χ3n) is 4.18. The van der Waals surface area contributed by atoms with Gasteiger partial charge < -0.3 is 20.3 Å². The van der Waals surface area contributed by atoms with Crippen LogP contribution in [0.5, 0.6) is 0 Å². The lowest BCUT2D eigenvalue weighted by Crippen LogP contribution is -2.46. The summed E-state index contributed by atoms with van der Waals surface area (Å²) in [7, 11) is 0. The van der Waals surface area contributed by atoms with Crippen molar-refractivity contribution in [2.75, 3.05) is 37.7 Å². The van der Waals surface area contributed by atoms with Gasteiger partial charge in [-0.05, 0) is 34.5 Å². The van der Waals surface area contributed by atoms with E-state index in [2.05, 4.69) is 43.6 Å². The van der Waals surface area contributed by atoms with Crippen molar-refractivity contribution in [1.82, 2.24) is 10.6 Å². The maximum atomic E-state index is 12.1. The SMILES string of the molecule is O=C(CC1COCCN1)NC1CCN(c2ccccc2Br)C1. The Labute approximate surface area is 139 Å². The van der Waals surface area contributed by atoms with Crippen molar-refractivity contribution < 1.29 is 9.53 Å². The van der Waals surface area contributed by atoms with E-state index in [1.807, 2.05) is 12.1 Å². The van der Waals surface area contributed by atoms with Gasteiger partial charge in [0.15, 0.2) is 0 Å². The van der Waals surface area contributed by atoms with Gasteiger partial charge in [0.2, 0.25) is 5.91 Å². The number of nitrogens with zero attached hydrogens (tertiary/aromatic N) is 1. The molecule has 0 bridgehead atoms. The van der Waals surface area contributed by atoms with Crippen molar-refractivity contribution in [3.05, 3.63) is 28.7 Å². The first-order valence-electron chi connectivity index (χ1n) is 7.82. The lowest BCUT2D eigenvalue weighted by atomic mass is 10.1. The Hall–Kier alpha value is -1.11. The lowest BCUT2D eigenvalue weighted by molar-refractivity contribution is -0.122. The lowest BCUT2D eigenvalue weighted by Gasteiger charge is -2.24. The molecule has 0 radical (unpaired) electrons. The van der Waals surface area contributed by atoms with Gasteiger partial charge in [-0.1, -0.05) is 12.1 Å². The molecule has 2 saturated heterocycles. The fourth-order valence-corrected chi connectivity index (χ4v) is 3.60. The van der Waals surface area contributed by atoms with Crippen molar-refractivity contribution in [3.8, 4) is 0 Å². The number of para-hydroxylation sites is 1. The molecular formula is C16H22BrN3O2. The molecule has 120 valence electrons. The van der Waals surface area contributed by atoms with Crippen molar-refractivity contribution >= 4 is 27.5 Å². The average molecular weight is 368 g/mol. The van der Waals surface area contributed by atoms with Gasteiger partial charge in [-0.2, -0.15) is 0 Å². The third-order valence-corrected chi connectivity index (χ3v) is 4.85. The van der Waals surface area contributed by atoms with Crippen LogP contribution >= 0.6 is 15.9 Å². The van der Waals surface area contributed by atoms with Crippen LogP contribution in [0.2, 0.25) is 0 Å². The van der Waals surface area contributed by atoms with Gasteiger partial charge in [0.1, 0.15) is 0 Å². The van der Waals surface area contributed by atoms with Crippen LogP contribution in [0.4, 0.5) is 5.69 Å². The Morgan fingerprint density at radius 1 is 1.45 bits per heavy atom. The van der Waals surface area contributed by atoms with Crippen LogP contribution < -0.4 is 15.5 Å². The van der Waals surface area contributed by atoms with Gasteiger partial charge in [0.05, 0.1) is 18.9 Å². The highest BCUT2D eigenvalue weighted by Crippen LogP contribution is 2.28. The van der Waals surface area contributed by atoms with E-state index in [-0.39, 0.29) is 18.0 Å².